The largest absolute Gasteiger partial charge is 0.494 e. The van der Waals surface area contributed by atoms with Crippen molar-refractivity contribution in [2.45, 2.75) is 85.2 Å². The van der Waals surface area contributed by atoms with Crippen LogP contribution in [0.3, 0.4) is 0 Å². The predicted octanol–water partition coefficient (Wildman–Crippen LogP) is 4.49. The van der Waals surface area contributed by atoms with Gasteiger partial charge in [0.2, 0.25) is 11.8 Å². The molecule has 1 aliphatic heterocycles. The Bertz CT molecular complexity index is 1810. The van der Waals surface area contributed by atoms with Gasteiger partial charge in [-0.2, -0.15) is 0 Å². The van der Waals surface area contributed by atoms with E-state index in [2.05, 4.69) is 31.1 Å². The molecule has 4 rings (SSSR count). The number of pyridine rings is 1. The Morgan fingerprint density at radius 3 is 2.47 bits per heavy atom. The van der Waals surface area contributed by atoms with Crippen LogP contribution in [0.15, 0.2) is 66.7 Å². The zero-order chi connectivity index (χ0) is 41.7. The summed E-state index contributed by atoms with van der Waals surface area (Å²) in [6.45, 7) is 9.98. The highest BCUT2D eigenvalue weighted by atomic mass is 19.1. The molecule has 14 nitrogen and oxygen atoms in total. The fourth-order valence-corrected chi connectivity index (χ4v) is 7.05. The topological polar surface area (TPSA) is 174 Å². The van der Waals surface area contributed by atoms with Crippen molar-refractivity contribution in [2.24, 2.45) is 17.3 Å². The molecule has 1 aromatic heterocycles. The highest BCUT2D eigenvalue weighted by molar-refractivity contribution is 5.83. The molecule has 0 aliphatic carbocycles. The number of carbonyl (C=O) groups excluding carboxylic acids is 4. The highest BCUT2D eigenvalue weighted by Gasteiger charge is 2.43. The first kappa shape index (κ1) is 44.4. The first-order valence-corrected chi connectivity index (χ1v) is 19.3. The van der Waals surface area contributed by atoms with E-state index < -0.39 is 47.3 Å². The second-order valence-electron chi connectivity index (χ2n) is 15.5. The van der Waals surface area contributed by atoms with Crippen molar-refractivity contribution >= 4 is 23.9 Å². The molecular formula is C42H58FN7O7. The van der Waals surface area contributed by atoms with Gasteiger partial charge < -0.3 is 35.4 Å². The SMILES string of the molecule is CCC(C)C(C(=O)NC(Cc1ccccc1)C(O)CN(Cc1ccc(OC)c(F)c1)NC(=O)CC(C)(C)CNC(=O)OC)C1CNC(=O)N1Cc1cccc(C)n1. The maximum Gasteiger partial charge on any atom is 0.406 e. The van der Waals surface area contributed by atoms with Gasteiger partial charge in [-0.1, -0.05) is 76.6 Å². The molecule has 5 unspecified atom stereocenters. The van der Waals surface area contributed by atoms with Crippen molar-refractivity contribution in [3.63, 3.8) is 0 Å². The number of aromatic nitrogens is 1. The van der Waals surface area contributed by atoms with E-state index in [0.717, 1.165) is 11.3 Å². The number of ether oxygens (including phenoxy) is 2. The number of hydrogen-bond donors (Lipinski definition) is 5. The summed E-state index contributed by atoms with van der Waals surface area (Å²) in [6, 6.07) is 17.9. The van der Waals surface area contributed by atoms with E-state index in [-0.39, 0.29) is 69.2 Å². The van der Waals surface area contributed by atoms with Crippen LogP contribution >= 0.6 is 0 Å². The molecule has 1 fully saturated rings. The second kappa shape index (κ2) is 20.8. The summed E-state index contributed by atoms with van der Waals surface area (Å²) in [5, 5.41) is 22.2. The van der Waals surface area contributed by atoms with Gasteiger partial charge in [0, 0.05) is 38.3 Å². The van der Waals surface area contributed by atoms with Gasteiger partial charge in [-0.3, -0.25) is 20.0 Å². The van der Waals surface area contributed by atoms with Crippen LogP contribution in [-0.4, -0.2) is 96.0 Å². The van der Waals surface area contributed by atoms with Crippen LogP contribution in [0, 0.1) is 30.0 Å². The Labute approximate surface area is 334 Å². The second-order valence-corrected chi connectivity index (χ2v) is 15.5. The molecular weight excluding hydrogens is 734 g/mol. The number of hydrogen-bond acceptors (Lipinski definition) is 9. The van der Waals surface area contributed by atoms with Gasteiger partial charge in [-0.15, -0.1) is 0 Å². The monoisotopic (exact) mass is 791 g/mol. The van der Waals surface area contributed by atoms with Gasteiger partial charge in [0.15, 0.2) is 11.6 Å². The number of nitrogens with one attached hydrogen (secondary N) is 4. The number of benzene rings is 2. The molecule has 5 atom stereocenters. The highest BCUT2D eigenvalue weighted by Crippen LogP contribution is 2.28. The molecule has 0 spiro atoms. The van der Waals surface area contributed by atoms with Gasteiger partial charge in [0.05, 0.1) is 50.6 Å². The zero-order valence-corrected chi connectivity index (χ0v) is 34.0. The van der Waals surface area contributed by atoms with Crippen molar-refractivity contribution in [1.29, 1.82) is 0 Å². The molecule has 0 bridgehead atoms. The zero-order valence-electron chi connectivity index (χ0n) is 34.0. The van der Waals surface area contributed by atoms with Crippen LogP contribution < -0.4 is 26.1 Å². The van der Waals surface area contributed by atoms with Gasteiger partial charge in [-0.05, 0) is 60.1 Å². The smallest absolute Gasteiger partial charge is 0.406 e. The average Bonchev–Trinajstić information content (AvgIpc) is 3.51. The van der Waals surface area contributed by atoms with Crippen LogP contribution in [0.25, 0.3) is 0 Å². The predicted molar refractivity (Wildman–Crippen MR) is 213 cm³/mol. The van der Waals surface area contributed by atoms with E-state index in [1.807, 2.05) is 83.1 Å². The lowest BCUT2D eigenvalue weighted by atomic mass is 9.83. The lowest BCUT2D eigenvalue weighted by molar-refractivity contribution is -0.132. The molecule has 310 valence electrons. The van der Waals surface area contributed by atoms with E-state index in [0.29, 0.717) is 17.7 Å². The van der Waals surface area contributed by atoms with Crippen LogP contribution in [-0.2, 0) is 33.8 Å². The van der Waals surface area contributed by atoms with Crippen molar-refractivity contribution < 1.29 is 38.1 Å². The lowest BCUT2D eigenvalue weighted by Gasteiger charge is -2.36. The minimum absolute atomic E-state index is 0.00383. The lowest BCUT2D eigenvalue weighted by Crippen LogP contribution is -2.56. The number of aliphatic hydroxyl groups excluding tert-OH is 1. The number of halogens is 1. The van der Waals surface area contributed by atoms with Crippen molar-refractivity contribution in [2.75, 3.05) is 33.9 Å². The molecule has 2 aromatic carbocycles. The summed E-state index contributed by atoms with van der Waals surface area (Å²) in [5.41, 5.74) is 5.08. The number of carbonyl (C=O) groups is 4. The number of rotatable bonds is 20. The number of urea groups is 1. The molecule has 0 saturated carbocycles. The Hall–Kier alpha value is -5.28. The summed E-state index contributed by atoms with van der Waals surface area (Å²) in [6.07, 6.45) is -0.951. The number of alkyl carbamates (subject to hydrolysis) is 1. The third kappa shape index (κ3) is 13.1. The van der Waals surface area contributed by atoms with E-state index in [1.54, 1.807) is 11.0 Å². The van der Waals surface area contributed by atoms with Gasteiger partial charge in [0.25, 0.3) is 0 Å². The van der Waals surface area contributed by atoms with E-state index >= 15 is 0 Å². The number of aliphatic hydroxyl groups is 1. The molecule has 1 aliphatic rings. The number of aryl methyl sites for hydroxylation is 1. The Kier molecular flexibility index (Phi) is 16.2. The van der Waals surface area contributed by atoms with Crippen LogP contribution in [0.1, 0.15) is 63.1 Å². The molecule has 5 amide bonds. The molecule has 0 radical (unpaired) electrons. The standard InChI is InChI=1S/C42H58FN7O7/c1-8-27(2)38(34-22-44-40(54)50(34)24-31-16-12-13-28(3)46-31)39(53)47-33(20-29-14-10-9-11-15-29)35(51)25-49(23-30-17-18-36(56-6)32(43)19-30)48-37(52)21-42(4,5)26-45-41(55)57-7/h9-19,27,33-35,38,51H,8,20-26H2,1-7H3,(H,44,54)(H,45,55)(H,47,53)(H,48,52). The van der Waals surface area contributed by atoms with Crippen molar-refractivity contribution in [1.82, 2.24) is 36.3 Å². The van der Waals surface area contributed by atoms with E-state index in [4.69, 9.17) is 4.74 Å². The Balaban J connectivity index is 1.61. The first-order chi connectivity index (χ1) is 27.1. The molecule has 1 saturated heterocycles. The van der Waals surface area contributed by atoms with Gasteiger partial charge >= 0.3 is 12.1 Å². The fraction of sp³-hybridized carbons (Fsp3) is 0.500. The van der Waals surface area contributed by atoms with Crippen molar-refractivity contribution in [3.05, 3.63) is 95.1 Å². The van der Waals surface area contributed by atoms with Crippen LogP contribution in [0.4, 0.5) is 14.0 Å². The molecule has 3 aromatic rings. The Morgan fingerprint density at radius 1 is 1.09 bits per heavy atom. The van der Waals surface area contributed by atoms with E-state index in [9.17, 15) is 28.7 Å². The minimum Gasteiger partial charge on any atom is -0.494 e. The fourth-order valence-electron chi connectivity index (χ4n) is 7.05. The number of nitrogens with zero attached hydrogens (tertiary/aromatic N) is 3. The summed E-state index contributed by atoms with van der Waals surface area (Å²) in [4.78, 5) is 59.2. The first-order valence-electron chi connectivity index (χ1n) is 19.3. The normalized spacial score (nSPS) is 16.3. The van der Waals surface area contributed by atoms with Crippen LogP contribution in [0.5, 0.6) is 5.75 Å². The maximum absolute atomic E-state index is 14.8. The minimum atomic E-state index is -1.24. The molecule has 2 heterocycles. The quantitative estimate of drug-likeness (QED) is 0.103. The molecule has 15 heteroatoms. The average molecular weight is 792 g/mol. The van der Waals surface area contributed by atoms with Crippen molar-refractivity contribution in [3.8, 4) is 5.75 Å². The number of hydrazine groups is 1. The summed E-state index contributed by atoms with van der Waals surface area (Å²) >= 11 is 0. The van der Waals surface area contributed by atoms with Gasteiger partial charge in [-0.25, -0.2) is 19.0 Å². The maximum atomic E-state index is 14.8. The summed E-state index contributed by atoms with van der Waals surface area (Å²) in [7, 11) is 2.62. The van der Waals surface area contributed by atoms with Crippen LogP contribution in [0.2, 0.25) is 0 Å². The molecule has 5 N–H and O–H groups in total. The summed E-state index contributed by atoms with van der Waals surface area (Å²) in [5.74, 6) is -2.03. The Morgan fingerprint density at radius 2 is 1.82 bits per heavy atom. The van der Waals surface area contributed by atoms with Gasteiger partial charge in [0.1, 0.15) is 0 Å². The number of methoxy groups -OCH3 is 2. The third-order valence-electron chi connectivity index (χ3n) is 10.3. The van der Waals surface area contributed by atoms with E-state index in [1.165, 1.54) is 31.4 Å². The number of amides is 5. The third-order valence-corrected chi connectivity index (χ3v) is 10.3. The summed E-state index contributed by atoms with van der Waals surface area (Å²) < 4.78 is 24.6. The molecule has 57 heavy (non-hydrogen) atoms.